The maximum atomic E-state index is 13.9. The van der Waals surface area contributed by atoms with Crippen LogP contribution in [-0.2, 0) is 17.8 Å². The normalized spacial score (nSPS) is 11.7. The predicted molar refractivity (Wildman–Crippen MR) is 157 cm³/mol. The Bertz CT molecular complexity index is 1630. The van der Waals surface area contributed by atoms with Gasteiger partial charge in [-0.25, -0.2) is 4.79 Å². The van der Waals surface area contributed by atoms with Gasteiger partial charge in [0.05, 0.1) is 10.6 Å². The molecule has 0 aliphatic heterocycles. The summed E-state index contributed by atoms with van der Waals surface area (Å²) in [6.07, 6.45) is 0.131. The zero-order valence-corrected chi connectivity index (χ0v) is 22.4. The predicted octanol–water partition coefficient (Wildman–Crippen LogP) is 8.15. The van der Waals surface area contributed by atoms with E-state index in [-0.39, 0.29) is 23.6 Å². The van der Waals surface area contributed by atoms with E-state index in [1.54, 1.807) is 6.07 Å². The molecule has 0 aromatic heterocycles. The topological polar surface area (TPSA) is 57.6 Å². The third-order valence-corrected chi connectivity index (χ3v) is 7.34. The van der Waals surface area contributed by atoms with Crippen molar-refractivity contribution in [2.45, 2.75) is 19.0 Å². The third kappa shape index (κ3) is 5.98. The molecule has 0 saturated heterocycles. The Balaban J connectivity index is 1.52. The van der Waals surface area contributed by atoms with E-state index in [4.69, 9.17) is 23.2 Å². The monoisotopic (exact) mass is 553 g/mol. The molecule has 0 unspecified atom stereocenters. The Morgan fingerprint density at radius 2 is 1.41 bits per heavy atom. The minimum atomic E-state index is -1.13. The van der Waals surface area contributed by atoms with Crippen LogP contribution in [0.3, 0.4) is 0 Å². The van der Waals surface area contributed by atoms with E-state index in [0.717, 1.165) is 33.0 Å². The van der Waals surface area contributed by atoms with Crippen molar-refractivity contribution in [2.75, 3.05) is 0 Å². The first-order valence-corrected chi connectivity index (χ1v) is 13.3. The fraction of sp³-hybridized carbons (Fsp3) is 0.0909. The molecule has 0 saturated carbocycles. The zero-order chi connectivity index (χ0) is 27.4. The second kappa shape index (κ2) is 11.7. The van der Waals surface area contributed by atoms with Crippen molar-refractivity contribution in [3.05, 3.63) is 142 Å². The molecule has 5 aromatic rings. The molecular formula is C33H25Cl2NO3. The van der Waals surface area contributed by atoms with Crippen LogP contribution in [0, 0.1) is 0 Å². The minimum absolute atomic E-state index is 0.0954. The van der Waals surface area contributed by atoms with Gasteiger partial charge in [-0.05, 0) is 51.2 Å². The van der Waals surface area contributed by atoms with E-state index in [9.17, 15) is 14.7 Å². The van der Waals surface area contributed by atoms with Crippen molar-refractivity contribution in [1.82, 2.24) is 4.90 Å². The van der Waals surface area contributed by atoms with E-state index in [1.165, 1.54) is 17.0 Å². The van der Waals surface area contributed by atoms with Crippen LogP contribution in [0.2, 0.25) is 10.0 Å². The Hall–Kier alpha value is -4.12. The second-order valence-corrected chi connectivity index (χ2v) is 10.2. The first-order valence-electron chi connectivity index (χ1n) is 12.5. The summed E-state index contributed by atoms with van der Waals surface area (Å²) in [5.74, 6) is -1.57. The van der Waals surface area contributed by atoms with Crippen LogP contribution in [0.15, 0.2) is 115 Å². The summed E-state index contributed by atoms with van der Waals surface area (Å²) in [6.45, 7) is 0.0954. The Labute approximate surface area is 237 Å². The molecule has 5 aromatic carbocycles. The number of carbonyl (C=O) groups excluding carboxylic acids is 1. The van der Waals surface area contributed by atoms with Crippen LogP contribution in [0.1, 0.15) is 21.5 Å². The maximum Gasteiger partial charge on any atom is 0.326 e. The molecule has 0 heterocycles. The number of carboxylic acids is 1. The molecule has 39 heavy (non-hydrogen) atoms. The van der Waals surface area contributed by atoms with E-state index < -0.39 is 17.9 Å². The third-order valence-electron chi connectivity index (χ3n) is 6.79. The van der Waals surface area contributed by atoms with E-state index in [2.05, 4.69) is 0 Å². The summed E-state index contributed by atoms with van der Waals surface area (Å²) in [4.78, 5) is 28.0. The van der Waals surface area contributed by atoms with Gasteiger partial charge in [0.25, 0.3) is 5.91 Å². The number of halogens is 2. The number of benzene rings is 5. The quantitative estimate of drug-likeness (QED) is 0.211. The van der Waals surface area contributed by atoms with Gasteiger partial charge in [0.15, 0.2) is 0 Å². The number of carboxylic acid groups (broad SMARTS) is 1. The number of nitrogens with zero attached hydrogens (tertiary/aromatic N) is 1. The summed E-state index contributed by atoms with van der Waals surface area (Å²) in [7, 11) is 0. The molecular weight excluding hydrogens is 529 g/mol. The fourth-order valence-corrected chi connectivity index (χ4v) is 5.26. The molecule has 194 valence electrons. The molecule has 1 amide bonds. The van der Waals surface area contributed by atoms with Gasteiger partial charge in [-0.2, -0.15) is 0 Å². The van der Waals surface area contributed by atoms with E-state index in [0.29, 0.717) is 5.02 Å². The molecule has 0 bridgehead atoms. The van der Waals surface area contributed by atoms with E-state index >= 15 is 0 Å². The van der Waals surface area contributed by atoms with Crippen LogP contribution in [0.5, 0.6) is 0 Å². The number of aliphatic carboxylic acids is 1. The maximum absolute atomic E-state index is 13.9. The smallest absolute Gasteiger partial charge is 0.326 e. The zero-order valence-electron chi connectivity index (χ0n) is 20.9. The minimum Gasteiger partial charge on any atom is -0.480 e. The lowest BCUT2D eigenvalue weighted by atomic mass is 9.98. The van der Waals surface area contributed by atoms with Crippen molar-refractivity contribution in [1.29, 1.82) is 0 Å². The van der Waals surface area contributed by atoms with Gasteiger partial charge in [-0.3, -0.25) is 4.79 Å². The van der Waals surface area contributed by atoms with Gasteiger partial charge in [0.2, 0.25) is 0 Å². The first kappa shape index (κ1) is 26.5. The molecule has 1 N–H and O–H groups in total. The van der Waals surface area contributed by atoms with Crippen LogP contribution in [-0.4, -0.2) is 27.9 Å². The SMILES string of the molecule is O=C(O)[C@@H](Cc1ccc(-c2ccccc2)cc1)N(Cc1cccc2ccccc12)C(=O)c1ccc(Cl)cc1Cl. The highest BCUT2D eigenvalue weighted by atomic mass is 35.5. The van der Waals surface area contributed by atoms with Gasteiger partial charge in [0.1, 0.15) is 6.04 Å². The Morgan fingerprint density at radius 3 is 2.13 bits per heavy atom. The highest BCUT2D eigenvalue weighted by Crippen LogP contribution is 2.28. The van der Waals surface area contributed by atoms with Crippen LogP contribution in [0.4, 0.5) is 0 Å². The van der Waals surface area contributed by atoms with E-state index in [1.807, 2.05) is 97.1 Å². The summed E-state index contributed by atoms with van der Waals surface area (Å²) in [5.41, 5.74) is 3.95. The average Bonchev–Trinajstić information content (AvgIpc) is 2.95. The molecule has 6 heteroatoms. The standard InChI is InChI=1S/C33H25Cl2NO3/c34-27-17-18-29(30(35)20-27)32(37)36(21-26-11-6-10-25-9-4-5-12-28(25)26)31(33(38)39)19-22-13-15-24(16-14-22)23-7-2-1-3-8-23/h1-18,20,31H,19,21H2,(H,38,39)/t31-/m1/s1. The summed E-state index contributed by atoms with van der Waals surface area (Å²) in [5, 5.41) is 12.9. The number of carbonyl (C=O) groups is 2. The molecule has 0 aliphatic carbocycles. The molecule has 5 rings (SSSR count). The van der Waals surface area contributed by atoms with Gasteiger partial charge < -0.3 is 10.0 Å². The molecule has 4 nitrogen and oxygen atoms in total. The van der Waals surface area contributed by atoms with Crippen LogP contribution < -0.4 is 0 Å². The highest BCUT2D eigenvalue weighted by Gasteiger charge is 2.32. The van der Waals surface area contributed by atoms with Gasteiger partial charge in [0, 0.05) is 18.0 Å². The van der Waals surface area contributed by atoms with Crippen LogP contribution in [0.25, 0.3) is 21.9 Å². The summed E-state index contributed by atoms with van der Waals surface area (Å²) < 4.78 is 0. The lowest BCUT2D eigenvalue weighted by Gasteiger charge is -2.30. The largest absolute Gasteiger partial charge is 0.480 e. The number of amides is 1. The fourth-order valence-electron chi connectivity index (χ4n) is 4.77. The first-order chi connectivity index (χ1) is 18.9. The lowest BCUT2D eigenvalue weighted by Crippen LogP contribution is -2.46. The number of hydrogen-bond donors (Lipinski definition) is 1. The van der Waals surface area contributed by atoms with Crippen molar-refractivity contribution in [3.8, 4) is 11.1 Å². The Morgan fingerprint density at radius 1 is 0.744 bits per heavy atom. The van der Waals surface area contributed by atoms with Crippen molar-refractivity contribution >= 4 is 45.9 Å². The van der Waals surface area contributed by atoms with Gasteiger partial charge >= 0.3 is 5.97 Å². The molecule has 0 aliphatic rings. The van der Waals surface area contributed by atoms with Gasteiger partial charge in [-0.1, -0.05) is 120 Å². The number of rotatable bonds is 8. The second-order valence-electron chi connectivity index (χ2n) is 9.32. The Kier molecular flexibility index (Phi) is 7.97. The summed E-state index contributed by atoms with van der Waals surface area (Å²) in [6, 6.07) is 34.8. The number of fused-ring (bicyclic) bond motifs is 1. The van der Waals surface area contributed by atoms with Crippen molar-refractivity contribution < 1.29 is 14.7 Å². The average molecular weight is 554 g/mol. The molecule has 0 radical (unpaired) electrons. The summed E-state index contributed by atoms with van der Waals surface area (Å²) >= 11 is 12.5. The van der Waals surface area contributed by atoms with Crippen LogP contribution >= 0.6 is 23.2 Å². The number of hydrogen-bond acceptors (Lipinski definition) is 2. The highest BCUT2D eigenvalue weighted by molar-refractivity contribution is 6.36. The molecule has 1 atom stereocenters. The van der Waals surface area contributed by atoms with Gasteiger partial charge in [-0.15, -0.1) is 0 Å². The molecule has 0 fully saturated rings. The molecule has 0 spiro atoms. The van der Waals surface area contributed by atoms with Crippen molar-refractivity contribution in [2.24, 2.45) is 0 Å². The van der Waals surface area contributed by atoms with Crippen molar-refractivity contribution in [3.63, 3.8) is 0 Å². The lowest BCUT2D eigenvalue weighted by molar-refractivity contribution is -0.142.